The van der Waals surface area contributed by atoms with Crippen LogP contribution in [0.5, 0.6) is 0 Å². The van der Waals surface area contributed by atoms with Gasteiger partial charge in [-0.3, -0.25) is 4.79 Å². The lowest BCUT2D eigenvalue weighted by atomic mass is 10.1. The summed E-state index contributed by atoms with van der Waals surface area (Å²) in [5.74, 6) is -1.03. The Morgan fingerprint density at radius 1 is 1.05 bits per heavy atom. The van der Waals surface area contributed by atoms with Crippen molar-refractivity contribution in [3.63, 3.8) is 0 Å². The van der Waals surface area contributed by atoms with Gasteiger partial charge in [0.05, 0.1) is 4.90 Å². The van der Waals surface area contributed by atoms with E-state index in [9.17, 15) is 13.2 Å². The highest BCUT2D eigenvalue weighted by molar-refractivity contribution is 9.10. The number of ketones is 1. The summed E-state index contributed by atoms with van der Waals surface area (Å²) in [4.78, 5) is 12.1. The first-order chi connectivity index (χ1) is 9.40. The van der Waals surface area contributed by atoms with Gasteiger partial charge in [-0.25, -0.2) is 8.42 Å². The average molecular weight is 374 g/mol. The lowest BCUT2D eigenvalue weighted by Gasteiger charge is -2.06. The normalized spacial score (nSPS) is 11.3. The fourth-order valence-electron chi connectivity index (χ4n) is 1.67. The van der Waals surface area contributed by atoms with Gasteiger partial charge in [0, 0.05) is 15.1 Å². The molecule has 2 aromatic carbocycles. The molecular formula is C14H10BrClO3S. The summed E-state index contributed by atoms with van der Waals surface area (Å²) in [5.41, 5.74) is 0.324. The summed E-state index contributed by atoms with van der Waals surface area (Å²) in [5, 5.41) is 0.496. The second-order valence-corrected chi connectivity index (χ2v) is 7.37. The monoisotopic (exact) mass is 372 g/mol. The first kappa shape index (κ1) is 15.2. The average Bonchev–Trinajstić information content (AvgIpc) is 2.39. The topological polar surface area (TPSA) is 51.2 Å². The molecule has 0 atom stereocenters. The molecule has 0 aromatic heterocycles. The quantitative estimate of drug-likeness (QED) is 0.767. The highest BCUT2D eigenvalue weighted by atomic mass is 79.9. The van der Waals surface area contributed by atoms with E-state index in [1.54, 1.807) is 30.3 Å². The van der Waals surface area contributed by atoms with Gasteiger partial charge in [0.15, 0.2) is 15.6 Å². The Kier molecular flexibility index (Phi) is 4.62. The summed E-state index contributed by atoms with van der Waals surface area (Å²) in [6.07, 6.45) is 0. The number of hydrogen-bond donors (Lipinski definition) is 0. The molecule has 0 aliphatic rings. The van der Waals surface area contributed by atoms with Gasteiger partial charge in [-0.05, 0) is 52.3 Å². The Balaban J connectivity index is 2.27. The van der Waals surface area contributed by atoms with E-state index in [4.69, 9.17) is 11.6 Å². The van der Waals surface area contributed by atoms with Gasteiger partial charge < -0.3 is 0 Å². The third-order valence-corrected chi connectivity index (χ3v) is 5.53. The van der Waals surface area contributed by atoms with E-state index in [2.05, 4.69) is 15.9 Å². The van der Waals surface area contributed by atoms with Crippen LogP contribution in [0.1, 0.15) is 10.4 Å². The van der Waals surface area contributed by atoms with E-state index < -0.39 is 21.4 Å². The van der Waals surface area contributed by atoms with Crippen LogP contribution in [0.15, 0.2) is 57.9 Å². The van der Waals surface area contributed by atoms with Crippen LogP contribution in [0.2, 0.25) is 5.02 Å². The van der Waals surface area contributed by atoms with Crippen molar-refractivity contribution in [3.8, 4) is 0 Å². The summed E-state index contributed by atoms with van der Waals surface area (Å²) in [6, 6.07) is 12.6. The lowest BCUT2D eigenvalue weighted by molar-refractivity contribution is 0.102. The predicted molar refractivity (Wildman–Crippen MR) is 82.0 cm³/mol. The Morgan fingerprint density at radius 3 is 2.25 bits per heavy atom. The zero-order chi connectivity index (χ0) is 14.8. The molecule has 3 nitrogen and oxygen atoms in total. The molecule has 0 fully saturated rings. The van der Waals surface area contributed by atoms with Gasteiger partial charge in [0.25, 0.3) is 0 Å². The minimum atomic E-state index is -3.68. The zero-order valence-corrected chi connectivity index (χ0v) is 13.4. The highest BCUT2D eigenvalue weighted by Crippen LogP contribution is 2.23. The van der Waals surface area contributed by atoms with Crippen LogP contribution in [0.3, 0.4) is 0 Å². The van der Waals surface area contributed by atoms with Crippen molar-refractivity contribution in [2.45, 2.75) is 4.90 Å². The van der Waals surface area contributed by atoms with Gasteiger partial charge in [0.1, 0.15) is 5.75 Å². The Morgan fingerprint density at radius 2 is 1.65 bits per heavy atom. The fourth-order valence-corrected chi connectivity index (χ4v) is 4.14. The molecule has 0 aliphatic carbocycles. The first-order valence-electron chi connectivity index (χ1n) is 5.66. The second-order valence-electron chi connectivity index (χ2n) is 4.12. The molecule has 0 aliphatic heterocycles. The first-order valence-corrected chi connectivity index (χ1v) is 8.48. The van der Waals surface area contributed by atoms with Gasteiger partial charge in [0.2, 0.25) is 0 Å². The van der Waals surface area contributed by atoms with Crippen molar-refractivity contribution in [1.29, 1.82) is 0 Å². The number of halogens is 2. The van der Waals surface area contributed by atoms with E-state index in [1.165, 1.54) is 18.2 Å². The molecule has 6 heteroatoms. The molecule has 0 amide bonds. The molecule has 0 unspecified atom stereocenters. The number of benzene rings is 2. The largest absolute Gasteiger partial charge is 0.293 e. The van der Waals surface area contributed by atoms with Crippen LogP contribution in [0.4, 0.5) is 0 Å². The molecule has 20 heavy (non-hydrogen) atoms. The van der Waals surface area contributed by atoms with Crippen molar-refractivity contribution in [1.82, 2.24) is 0 Å². The molecule has 0 N–H and O–H groups in total. The van der Waals surface area contributed by atoms with E-state index in [1.807, 2.05) is 0 Å². The number of rotatable bonds is 4. The molecule has 0 bridgehead atoms. The minimum absolute atomic E-state index is 0.113. The molecule has 0 radical (unpaired) electrons. The van der Waals surface area contributed by atoms with Crippen molar-refractivity contribution in [3.05, 3.63) is 63.6 Å². The highest BCUT2D eigenvalue weighted by Gasteiger charge is 2.22. The SMILES string of the molecule is O=C(CS(=O)(=O)c1ccccc1Br)c1ccc(Cl)cc1. The third kappa shape index (κ3) is 3.48. The standard InChI is InChI=1S/C14H10BrClO3S/c15-12-3-1-2-4-14(12)20(18,19)9-13(17)10-5-7-11(16)8-6-10/h1-8H,9H2. The van der Waals surface area contributed by atoms with Crippen molar-refractivity contribution >= 4 is 43.2 Å². The zero-order valence-electron chi connectivity index (χ0n) is 10.2. The summed E-state index contributed by atoms with van der Waals surface area (Å²) < 4.78 is 24.9. The van der Waals surface area contributed by atoms with Crippen LogP contribution in [0, 0.1) is 0 Å². The van der Waals surface area contributed by atoms with Gasteiger partial charge >= 0.3 is 0 Å². The molecule has 2 aromatic rings. The Hall–Kier alpha value is -1.17. The van der Waals surface area contributed by atoms with Crippen molar-refractivity contribution < 1.29 is 13.2 Å². The summed E-state index contributed by atoms with van der Waals surface area (Å²) >= 11 is 8.91. The Bertz CT molecular complexity index is 739. The van der Waals surface area contributed by atoms with Gasteiger partial charge in [-0.15, -0.1) is 0 Å². The number of sulfone groups is 1. The predicted octanol–water partition coefficient (Wildman–Crippen LogP) is 3.76. The summed E-state index contributed by atoms with van der Waals surface area (Å²) in [6.45, 7) is 0. The smallest absolute Gasteiger partial charge is 0.186 e. The molecule has 0 saturated heterocycles. The van der Waals surface area contributed by atoms with Crippen LogP contribution in [0.25, 0.3) is 0 Å². The molecular weight excluding hydrogens is 364 g/mol. The van der Waals surface area contributed by atoms with E-state index >= 15 is 0 Å². The van der Waals surface area contributed by atoms with Crippen LogP contribution < -0.4 is 0 Å². The third-order valence-electron chi connectivity index (χ3n) is 2.66. The second kappa shape index (κ2) is 6.08. The molecule has 104 valence electrons. The minimum Gasteiger partial charge on any atom is -0.293 e. The van der Waals surface area contributed by atoms with E-state index in [0.29, 0.717) is 15.1 Å². The molecule has 0 spiro atoms. The van der Waals surface area contributed by atoms with Crippen LogP contribution >= 0.6 is 27.5 Å². The van der Waals surface area contributed by atoms with Crippen LogP contribution in [-0.2, 0) is 9.84 Å². The van der Waals surface area contributed by atoms with E-state index in [0.717, 1.165) is 0 Å². The van der Waals surface area contributed by atoms with E-state index in [-0.39, 0.29) is 4.90 Å². The Labute approximate surface area is 130 Å². The number of carbonyl (C=O) groups excluding carboxylic acids is 1. The number of carbonyl (C=O) groups is 1. The molecule has 0 heterocycles. The van der Waals surface area contributed by atoms with Crippen LogP contribution in [-0.4, -0.2) is 20.0 Å². The van der Waals surface area contributed by atoms with Gasteiger partial charge in [-0.2, -0.15) is 0 Å². The number of hydrogen-bond acceptors (Lipinski definition) is 3. The maximum atomic E-state index is 12.2. The maximum absolute atomic E-state index is 12.2. The summed E-state index contributed by atoms with van der Waals surface area (Å²) in [7, 11) is -3.68. The molecule has 0 saturated carbocycles. The van der Waals surface area contributed by atoms with Crippen molar-refractivity contribution in [2.75, 3.05) is 5.75 Å². The van der Waals surface area contributed by atoms with Crippen molar-refractivity contribution in [2.24, 2.45) is 0 Å². The maximum Gasteiger partial charge on any atom is 0.186 e. The lowest BCUT2D eigenvalue weighted by Crippen LogP contribution is -2.16. The number of Topliss-reactive ketones (excluding diaryl/α,β-unsaturated/α-hetero) is 1. The fraction of sp³-hybridized carbons (Fsp3) is 0.0714. The van der Waals surface area contributed by atoms with Gasteiger partial charge in [-0.1, -0.05) is 23.7 Å². The molecule has 2 rings (SSSR count).